The van der Waals surface area contributed by atoms with E-state index in [1.165, 1.54) is 0 Å². The maximum Gasteiger partial charge on any atom is 0.323 e. The smallest absolute Gasteiger partial charge is 0.323 e. The second-order valence-electron chi connectivity index (χ2n) is 4.17. The highest BCUT2D eigenvalue weighted by molar-refractivity contribution is 6.00. The molecule has 5 heteroatoms. The van der Waals surface area contributed by atoms with Gasteiger partial charge in [-0.1, -0.05) is 0 Å². The number of benzene rings is 1. The number of carbonyl (C=O) groups is 2. The summed E-state index contributed by atoms with van der Waals surface area (Å²) in [7, 11) is 3.43. The van der Waals surface area contributed by atoms with Crippen LogP contribution in [0.25, 0.3) is 0 Å². The van der Waals surface area contributed by atoms with Crippen molar-refractivity contribution in [1.29, 1.82) is 0 Å². The average Bonchev–Trinajstić information content (AvgIpc) is 2.36. The standard InChI is InChI=1S/C13H18N2O3/c1-9(14-2)13(18)10-4-6-11(7-5-10)15(3)8-12(16)17/h4-7,9,14H,8H2,1-3H3,(H,16,17). The first-order valence-electron chi connectivity index (χ1n) is 5.70. The first-order chi connectivity index (χ1) is 8.45. The minimum Gasteiger partial charge on any atom is -0.480 e. The van der Waals surface area contributed by atoms with E-state index < -0.39 is 5.97 Å². The van der Waals surface area contributed by atoms with Gasteiger partial charge in [0.15, 0.2) is 5.78 Å². The number of aliphatic carboxylic acids is 1. The fourth-order valence-corrected chi connectivity index (χ4v) is 1.56. The van der Waals surface area contributed by atoms with E-state index in [2.05, 4.69) is 5.32 Å². The van der Waals surface area contributed by atoms with Crippen molar-refractivity contribution in [3.05, 3.63) is 29.8 Å². The number of anilines is 1. The highest BCUT2D eigenvalue weighted by Crippen LogP contribution is 2.14. The quantitative estimate of drug-likeness (QED) is 0.737. The normalized spacial score (nSPS) is 11.9. The van der Waals surface area contributed by atoms with Crippen LogP contribution in [0.5, 0.6) is 0 Å². The van der Waals surface area contributed by atoms with Gasteiger partial charge in [-0.15, -0.1) is 0 Å². The van der Waals surface area contributed by atoms with Crippen molar-refractivity contribution < 1.29 is 14.7 Å². The Bertz CT molecular complexity index is 428. The summed E-state index contributed by atoms with van der Waals surface area (Å²) in [6.45, 7) is 1.73. The van der Waals surface area contributed by atoms with Gasteiger partial charge in [-0.3, -0.25) is 9.59 Å². The Morgan fingerprint density at radius 2 is 1.89 bits per heavy atom. The summed E-state index contributed by atoms with van der Waals surface area (Å²) in [4.78, 5) is 24.1. The van der Waals surface area contributed by atoms with E-state index in [0.717, 1.165) is 5.69 Å². The van der Waals surface area contributed by atoms with Crippen LogP contribution in [0.3, 0.4) is 0 Å². The van der Waals surface area contributed by atoms with Gasteiger partial charge in [0.1, 0.15) is 6.54 Å². The Morgan fingerprint density at radius 3 is 2.33 bits per heavy atom. The number of nitrogens with one attached hydrogen (secondary N) is 1. The summed E-state index contributed by atoms with van der Waals surface area (Å²) in [5.41, 5.74) is 1.38. The van der Waals surface area contributed by atoms with Gasteiger partial charge < -0.3 is 15.3 Å². The molecule has 1 rings (SSSR count). The van der Waals surface area contributed by atoms with Crippen LogP contribution in [-0.2, 0) is 4.79 Å². The first kappa shape index (κ1) is 14.2. The number of carboxylic acid groups (broad SMARTS) is 1. The summed E-state index contributed by atoms with van der Waals surface area (Å²) in [6.07, 6.45) is 0. The predicted molar refractivity (Wildman–Crippen MR) is 70.2 cm³/mol. The average molecular weight is 250 g/mol. The summed E-state index contributed by atoms with van der Waals surface area (Å²) >= 11 is 0. The minimum absolute atomic E-state index is 0.0185. The number of carboxylic acids is 1. The molecule has 0 amide bonds. The molecule has 1 unspecified atom stereocenters. The number of rotatable bonds is 6. The van der Waals surface area contributed by atoms with Crippen LogP contribution in [0.1, 0.15) is 17.3 Å². The summed E-state index contributed by atoms with van der Waals surface area (Å²) in [5, 5.41) is 11.6. The number of likely N-dealkylation sites (N-methyl/N-ethyl adjacent to an activating group) is 2. The van der Waals surface area contributed by atoms with E-state index in [1.807, 2.05) is 0 Å². The van der Waals surface area contributed by atoms with Gasteiger partial charge >= 0.3 is 5.97 Å². The third kappa shape index (κ3) is 3.56. The Morgan fingerprint density at radius 1 is 1.33 bits per heavy atom. The molecule has 98 valence electrons. The topological polar surface area (TPSA) is 69.6 Å². The van der Waals surface area contributed by atoms with Crippen molar-refractivity contribution in [3.8, 4) is 0 Å². The fraction of sp³-hybridized carbons (Fsp3) is 0.385. The molecule has 0 aliphatic heterocycles. The number of Topliss-reactive ketones (excluding diaryl/α,β-unsaturated/α-hetero) is 1. The lowest BCUT2D eigenvalue weighted by Gasteiger charge is -2.17. The van der Waals surface area contributed by atoms with E-state index in [9.17, 15) is 9.59 Å². The van der Waals surface area contributed by atoms with Gasteiger partial charge in [0, 0.05) is 18.3 Å². The molecule has 18 heavy (non-hydrogen) atoms. The Kier molecular flexibility index (Phi) is 4.85. The van der Waals surface area contributed by atoms with Crippen LogP contribution in [-0.4, -0.2) is 43.5 Å². The van der Waals surface area contributed by atoms with Crippen molar-refractivity contribution >= 4 is 17.4 Å². The van der Waals surface area contributed by atoms with E-state index in [4.69, 9.17) is 5.11 Å². The summed E-state index contributed by atoms with van der Waals surface area (Å²) in [6, 6.07) is 6.69. The third-order valence-electron chi connectivity index (χ3n) is 2.79. The number of nitrogens with zero attached hydrogens (tertiary/aromatic N) is 1. The van der Waals surface area contributed by atoms with Gasteiger partial charge in [-0.2, -0.15) is 0 Å². The minimum atomic E-state index is -0.888. The van der Waals surface area contributed by atoms with Crippen molar-refractivity contribution in [2.24, 2.45) is 0 Å². The van der Waals surface area contributed by atoms with Gasteiger partial charge in [-0.25, -0.2) is 0 Å². The van der Waals surface area contributed by atoms with Crippen molar-refractivity contribution in [1.82, 2.24) is 5.32 Å². The molecule has 2 N–H and O–H groups in total. The zero-order valence-electron chi connectivity index (χ0n) is 10.8. The molecule has 0 radical (unpaired) electrons. The number of carbonyl (C=O) groups excluding carboxylic acids is 1. The molecule has 0 aliphatic carbocycles. The molecular weight excluding hydrogens is 232 g/mol. The monoisotopic (exact) mass is 250 g/mol. The highest BCUT2D eigenvalue weighted by Gasteiger charge is 2.13. The largest absolute Gasteiger partial charge is 0.480 e. The van der Waals surface area contributed by atoms with Crippen LogP contribution < -0.4 is 10.2 Å². The van der Waals surface area contributed by atoms with Crippen molar-refractivity contribution in [3.63, 3.8) is 0 Å². The van der Waals surface area contributed by atoms with E-state index in [0.29, 0.717) is 5.56 Å². The summed E-state index contributed by atoms with van der Waals surface area (Å²) < 4.78 is 0. The van der Waals surface area contributed by atoms with Gasteiger partial charge in [0.05, 0.1) is 6.04 Å². The lowest BCUT2D eigenvalue weighted by atomic mass is 10.1. The van der Waals surface area contributed by atoms with Gasteiger partial charge in [0.2, 0.25) is 0 Å². The number of hydrogen-bond acceptors (Lipinski definition) is 4. The first-order valence-corrected chi connectivity index (χ1v) is 5.70. The van der Waals surface area contributed by atoms with Crippen LogP contribution in [0.4, 0.5) is 5.69 Å². The van der Waals surface area contributed by atoms with Gasteiger partial charge in [0.25, 0.3) is 0 Å². The number of ketones is 1. The Labute approximate surface area is 106 Å². The fourth-order valence-electron chi connectivity index (χ4n) is 1.56. The lowest BCUT2D eigenvalue weighted by molar-refractivity contribution is -0.135. The predicted octanol–water partition coefficient (Wildman–Crippen LogP) is 0.998. The molecule has 0 aromatic heterocycles. The molecule has 0 fully saturated rings. The molecule has 0 saturated heterocycles. The second kappa shape index (κ2) is 6.16. The van der Waals surface area contributed by atoms with Crippen LogP contribution >= 0.6 is 0 Å². The molecular formula is C13H18N2O3. The zero-order valence-corrected chi connectivity index (χ0v) is 10.8. The summed E-state index contributed by atoms with van der Waals surface area (Å²) in [5.74, 6) is -0.869. The molecule has 1 aromatic carbocycles. The SMILES string of the molecule is CNC(C)C(=O)c1ccc(N(C)CC(=O)O)cc1. The molecule has 0 aliphatic rings. The molecule has 5 nitrogen and oxygen atoms in total. The zero-order chi connectivity index (χ0) is 13.7. The molecule has 0 heterocycles. The highest BCUT2D eigenvalue weighted by atomic mass is 16.4. The molecule has 0 bridgehead atoms. The molecule has 1 atom stereocenters. The lowest BCUT2D eigenvalue weighted by Crippen LogP contribution is -2.30. The van der Waals surface area contributed by atoms with Crippen LogP contribution in [0.15, 0.2) is 24.3 Å². The van der Waals surface area contributed by atoms with Crippen LogP contribution in [0, 0.1) is 0 Å². The molecule has 0 saturated carbocycles. The van der Waals surface area contributed by atoms with E-state index in [-0.39, 0.29) is 18.4 Å². The second-order valence-corrected chi connectivity index (χ2v) is 4.17. The Hall–Kier alpha value is -1.88. The maximum absolute atomic E-state index is 11.9. The van der Waals surface area contributed by atoms with E-state index >= 15 is 0 Å². The molecule has 0 spiro atoms. The van der Waals surface area contributed by atoms with E-state index in [1.54, 1.807) is 50.2 Å². The number of hydrogen-bond donors (Lipinski definition) is 2. The van der Waals surface area contributed by atoms with Crippen molar-refractivity contribution in [2.75, 3.05) is 25.5 Å². The Balaban J connectivity index is 2.79. The van der Waals surface area contributed by atoms with Crippen LogP contribution in [0.2, 0.25) is 0 Å². The maximum atomic E-state index is 11.9. The molecule has 1 aromatic rings. The third-order valence-corrected chi connectivity index (χ3v) is 2.79. The van der Waals surface area contributed by atoms with Crippen molar-refractivity contribution in [2.45, 2.75) is 13.0 Å². The van der Waals surface area contributed by atoms with Gasteiger partial charge in [-0.05, 0) is 38.2 Å².